The van der Waals surface area contributed by atoms with Gasteiger partial charge in [0.15, 0.2) is 6.29 Å². The molecule has 1 radical (unpaired) electrons. The third-order valence-electron chi connectivity index (χ3n) is 2.45. The third kappa shape index (κ3) is 9.50. The topological polar surface area (TPSA) is 17.1 Å². The molecule has 0 aliphatic rings. The van der Waals surface area contributed by atoms with E-state index in [0.717, 1.165) is 18.8 Å². The summed E-state index contributed by atoms with van der Waals surface area (Å²) in [5, 5.41) is 0. The maximum atomic E-state index is 9.98. The van der Waals surface area contributed by atoms with Gasteiger partial charge in [-0.25, -0.2) is 0 Å². The predicted molar refractivity (Wildman–Crippen MR) is 62.0 cm³/mol. The average molecular weight is 195 g/mol. The molecule has 0 aromatic carbocycles. The van der Waals surface area contributed by atoms with Gasteiger partial charge in [-0.1, -0.05) is 38.8 Å². The quantitative estimate of drug-likeness (QED) is 0.401. The van der Waals surface area contributed by atoms with Crippen LogP contribution in [0.4, 0.5) is 0 Å². The van der Waals surface area contributed by atoms with Crippen molar-refractivity contribution in [1.29, 1.82) is 0 Å². The predicted octanol–water partition coefficient (Wildman–Crippen LogP) is 4.04. The van der Waals surface area contributed by atoms with E-state index in [1.807, 2.05) is 6.29 Å². The fourth-order valence-electron chi connectivity index (χ4n) is 1.54. The first-order chi connectivity index (χ1) is 6.81. The normalized spacial score (nSPS) is 13.3. The summed E-state index contributed by atoms with van der Waals surface area (Å²) in [7, 11) is 0. The Bertz CT molecular complexity index is 149. The van der Waals surface area contributed by atoms with Crippen LogP contribution in [0.1, 0.15) is 58.8 Å². The molecule has 81 valence electrons. The van der Waals surface area contributed by atoms with Crippen LogP contribution in [0.2, 0.25) is 0 Å². The van der Waals surface area contributed by atoms with Gasteiger partial charge in [0, 0.05) is 6.42 Å². The molecule has 1 atom stereocenters. The lowest BCUT2D eigenvalue weighted by Gasteiger charge is -2.08. The monoisotopic (exact) mass is 195 g/mol. The maximum absolute atomic E-state index is 9.98. The Morgan fingerprint density at radius 3 is 2.57 bits per heavy atom. The van der Waals surface area contributed by atoms with Crippen LogP contribution in [0.15, 0.2) is 12.2 Å². The van der Waals surface area contributed by atoms with Crippen molar-refractivity contribution in [3.05, 3.63) is 12.2 Å². The van der Waals surface area contributed by atoms with Gasteiger partial charge in [0.25, 0.3) is 0 Å². The van der Waals surface area contributed by atoms with Crippen LogP contribution < -0.4 is 0 Å². The van der Waals surface area contributed by atoms with Crippen LogP contribution in [-0.4, -0.2) is 6.29 Å². The molecule has 0 saturated carbocycles. The third-order valence-corrected chi connectivity index (χ3v) is 2.45. The minimum absolute atomic E-state index is 0.611. The summed E-state index contributed by atoms with van der Waals surface area (Å²) in [4.78, 5) is 9.98. The van der Waals surface area contributed by atoms with Crippen LogP contribution in [0.25, 0.3) is 0 Å². The van der Waals surface area contributed by atoms with E-state index in [1.54, 1.807) is 0 Å². The van der Waals surface area contributed by atoms with E-state index in [0.29, 0.717) is 6.42 Å². The van der Waals surface area contributed by atoms with Gasteiger partial charge < -0.3 is 0 Å². The van der Waals surface area contributed by atoms with Gasteiger partial charge in [-0.05, 0) is 31.6 Å². The number of hydrogen-bond acceptors (Lipinski definition) is 1. The fraction of sp³-hybridized carbons (Fsp3) is 0.769. The van der Waals surface area contributed by atoms with Crippen molar-refractivity contribution in [3.63, 3.8) is 0 Å². The Kier molecular flexibility index (Phi) is 10.0. The minimum atomic E-state index is 0.611. The van der Waals surface area contributed by atoms with Gasteiger partial charge >= 0.3 is 0 Å². The second-order valence-electron chi connectivity index (χ2n) is 3.95. The van der Waals surface area contributed by atoms with Crippen LogP contribution in [0.5, 0.6) is 0 Å². The fourth-order valence-corrected chi connectivity index (χ4v) is 1.54. The zero-order valence-corrected chi connectivity index (χ0v) is 9.59. The highest BCUT2D eigenvalue weighted by atomic mass is 16.1. The standard InChI is InChI=1S/C13H23O/c1-3-4-5-6-7-10-13(2)11-8-9-12-14/h4-5,13H,3,6-11H2,1-2H3. The van der Waals surface area contributed by atoms with Crippen molar-refractivity contribution in [2.45, 2.75) is 58.8 Å². The molecule has 0 bridgehead atoms. The zero-order valence-electron chi connectivity index (χ0n) is 9.59. The van der Waals surface area contributed by atoms with Crippen molar-refractivity contribution < 1.29 is 4.79 Å². The molecule has 0 aliphatic carbocycles. The molecule has 0 rings (SSSR count). The van der Waals surface area contributed by atoms with Crippen LogP contribution in [0, 0.1) is 5.92 Å². The summed E-state index contributed by atoms with van der Waals surface area (Å²) in [5.41, 5.74) is 0. The van der Waals surface area contributed by atoms with E-state index in [1.165, 1.54) is 25.7 Å². The van der Waals surface area contributed by atoms with E-state index in [-0.39, 0.29) is 0 Å². The Morgan fingerprint density at radius 2 is 1.93 bits per heavy atom. The Morgan fingerprint density at radius 1 is 1.21 bits per heavy atom. The summed E-state index contributed by atoms with van der Waals surface area (Å²) in [6.07, 6.45) is 14.2. The molecule has 1 heteroatoms. The Balaban J connectivity index is 3.21. The first-order valence-corrected chi connectivity index (χ1v) is 5.81. The van der Waals surface area contributed by atoms with Crippen molar-refractivity contribution in [2.75, 3.05) is 0 Å². The molecule has 0 fully saturated rings. The average Bonchev–Trinajstić information content (AvgIpc) is 2.18. The van der Waals surface area contributed by atoms with E-state index in [4.69, 9.17) is 0 Å². The smallest absolute Gasteiger partial charge is 0.198 e. The SMILES string of the molecule is CCC=CCCCC(C)CCC[C]=O. The van der Waals surface area contributed by atoms with E-state index in [2.05, 4.69) is 26.0 Å². The molecular formula is C13H23O. The maximum Gasteiger partial charge on any atom is 0.198 e. The first-order valence-electron chi connectivity index (χ1n) is 5.81. The van der Waals surface area contributed by atoms with Crippen LogP contribution >= 0.6 is 0 Å². The molecule has 0 amide bonds. The molecule has 14 heavy (non-hydrogen) atoms. The molecule has 0 spiro atoms. The second kappa shape index (κ2) is 10.5. The lowest BCUT2D eigenvalue weighted by Crippen LogP contribution is -1.94. The molecule has 0 heterocycles. The van der Waals surface area contributed by atoms with Gasteiger partial charge in [-0.3, -0.25) is 4.79 Å². The van der Waals surface area contributed by atoms with Crippen molar-refractivity contribution in [2.24, 2.45) is 5.92 Å². The van der Waals surface area contributed by atoms with E-state index in [9.17, 15) is 4.79 Å². The highest BCUT2D eigenvalue weighted by Gasteiger charge is 2.00. The van der Waals surface area contributed by atoms with E-state index < -0.39 is 0 Å². The van der Waals surface area contributed by atoms with Gasteiger partial charge in [0.05, 0.1) is 0 Å². The summed E-state index contributed by atoms with van der Waals surface area (Å²) in [6.45, 7) is 4.43. The van der Waals surface area contributed by atoms with Crippen LogP contribution in [0.3, 0.4) is 0 Å². The zero-order chi connectivity index (χ0) is 10.6. The van der Waals surface area contributed by atoms with Gasteiger partial charge in [0.1, 0.15) is 0 Å². The molecular weight excluding hydrogens is 172 g/mol. The van der Waals surface area contributed by atoms with Crippen molar-refractivity contribution in [1.82, 2.24) is 0 Å². The molecule has 0 aromatic heterocycles. The second-order valence-corrected chi connectivity index (χ2v) is 3.95. The number of unbranched alkanes of at least 4 members (excludes halogenated alkanes) is 2. The van der Waals surface area contributed by atoms with Gasteiger partial charge in [0.2, 0.25) is 0 Å². The summed E-state index contributed by atoms with van der Waals surface area (Å²) in [6, 6.07) is 0. The molecule has 0 saturated heterocycles. The largest absolute Gasteiger partial charge is 0.291 e. The van der Waals surface area contributed by atoms with Crippen molar-refractivity contribution in [3.8, 4) is 0 Å². The molecule has 0 aromatic rings. The van der Waals surface area contributed by atoms with Gasteiger partial charge in [-0.2, -0.15) is 0 Å². The highest BCUT2D eigenvalue weighted by molar-refractivity contribution is 5.50. The summed E-state index contributed by atoms with van der Waals surface area (Å²) >= 11 is 0. The number of allylic oxidation sites excluding steroid dienone is 2. The number of rotatable bonds is 9. The van der Waals surface area contributed by atoms with Gasteiger partial charge in [-0.15, -0.1) is 0 Å². The summed E-state index contributed by atoms with van der Waals surface area (Å²) in [5.74, 6) is 0.762. The molecule has 0 aliphatic heterocycles. The summed E-state index contributed by atoms with van der Waals surface area (Å²) < 4.78 is 0. The number of hydrogen-bond donors (Lipinski definition) is 0. The lowest BCUT2D eigenvalue weighted by molar-refractivity contribution is 0.461. The van der Waals surface area contributed by atoms with Crippen molar-refractivity contribution >= 4 is 6.29 Å². The molecule has 1 unspecified atom stereocenters. The Hall–Kier alpha value is -0.590. The number of carbonyl (C=O) groups excluding carboxylic acids is 1. The van der Waals surface area contributed by atoms with E-state index >= 15 is 0 Å². The Labute approximate surface area is 88.6 Å². The highest BCUT2D eigenvalue weighted by Crippen LogP contribution is 2.14. The minimum Gasteiger partial charge on any atom is -0.291 e. The lowest BCUT2D eigenvalue weighted by atomic mass is 9.98. The van der Waals surface area contributed by atoms with Crippen LogP contribution in [-0.2, 0) is 4.79 Å². The molecule has 1 nitrogen and oxygen atoms in total. The molecule has 0 N–H and O–H groups in total. The first kappa shape index (κ1) is 13.4.